The van der Waals surface area contributed by atoms with Gasteiger partial charge >= 0.3 is 0 Å². The van der Waals surface area contributed by atoms with Crippen LogP contribution in [0.3, 0.4) is 0 Å². The first kappa shape index (κ1) is 16.7. The quantitative estimate of drug-likeness (QED) is 0.708. The first-order valence-corrected chi connectivity index (χ1v) is 9.18. The SMILES string of the molecule is O=C(c1cccc(Cl)c1Cl)N1C2COCC1c1nnc(-c3ccn[nH]3)n1C2. The summed E-state index contributed by atoms with van der Waals surface area (Å²) in [6.07, 6.45) is 1.67. The van der Waals surface area contributed by atoms with Crippen LogP contribution in [0.25, 0.3) is 11.5 Å². The van der Waals surface area contributed by atoms with Gasteiger partial charge in [0, 0.05) is 12.7 Å². The van der Waals surface area contributed by atoms with Crippen LogP contribution >= 0.6 is 23.2 Å². The van der Waals surface area contributed by atoms with Crippen LogP contribution in [-0.2, 0) is 11.3 Å². The molecule has 2 unspecified atom stereocenters. The number of carbonyl (C=O) groups is 1. The van der Waals surface area contributed by atoms with Crippen molar-refractivity contribution < 1.29 is 9.53 Å². The molecule has 2 bridgehead atoms. The summed E-state index contributed by atoms with van der Waals surface area (Å²) in [5.74, 6) is 1.20. The Hall–Kier alpha value is -2.42. The molecule has 1 N–H and O–H groups in total. The lowest BCUT2D eigenvalue weighted by atomic mass is 10.0. The number of fused-ring (bicyclic) bond motifs is 4. The summed E-state index contributed by atoms with van der Waals surface area (Å²) in [6.45, 7) is 1.30. The number of nitrogens with one attached hydrogen (secondary N) is 1. The van der Waals surface area contributed by atoms with E-state index in [1.807, 2.05) is 10.6 Å². The second-order valence-corrected chi connectivity index (χ2v) is 7.27. The molecule has 1 aromatic carbocycles. The molecule has 1 fully saturated rings. The Morgan fingerprint density at radius 1 is 1.22 bits per heavy atom. The Morgan fingerprint density at radius 2 is 2.11 bits per heavy atom. The zero-order chi connectivity index (χ0) is 18.5. The van der Waals surface area contributed by atoms with Crippen molar-refractivity contribution in [1.82, 2.24) is 29.9 Å². The summed E-state index contributed by atoms with van der Waals surface area (Å²) in [7, 11) is 0. The highest BCUT2D eigenvalue weighted by Crippen LogP contribution is 2.37. The van der Waals surface area contributed by atoms with Crippen LogP contribution in [0.2, 0.25) is 10.0 Å². The predicted molar refractivity (Wildman–Crippen MR) is 97.6 cm³/mol. The molecule has 0 spiro atoms. The highest BCUT2D eigenvalue weighted by Gasteiger charge is 2.44. The van der Waals surface area contributed by atoms with Crippen LogP contribution in [0, 0.1) is 0 Å². The minimum Gasteiger partial charge on any atom is -0.377 e. The molecule has 2 aliphatic rings. The monoisotopic (exact) mass is 404 g/mol. The lowest BCUT2D eigenvalue weighted by Gasteiger charge is -2.45. The number of hydrogen-bond donors (Lipinski definition) is 1. The fourth-order valence-electron chi connectivity index (χ4n) is 3.72. The Labute approximate surface area is 164 Å². The molecule has 2 atom stereocenters. The minimum absolute atomic E-state index is 0.156. The molecule has 3 aromatic rings. The van der Waals surface area contributed by atoms with E-state index < -0.39 is 0 Å². The van der Waals surface area contributed by atoms with E-state index in [-0.39, 0.29) is 23.0 Å². The molecular weight excluding hydrogens is 391 g/mol. The zero-order valence-corrected chi connectivity index (χ0v) is 15.5. The Balaban J connectivity index is 1.57. The highest BCUT2D eigenvalue weighted by molar-refractivity contribution is 6.43. The number of hydrogen-bond acceptors (Lipinski definition) is 5. The number of rotatable bonds is 2. The van der Waals surface area contributed by atoms with Gasteiger partial charge in [0.05, 0.1) is 34.9 Å². The Morgan fingerprint density at radius 3 is 2.93 bits per heavy atom. The summed E-state index contributed by atoms with van der Waals surface area (Å²) >= 11 is 12.4. The second kappa shape index (κ2) is 6.33. The van der Waals surface area contributed by atoms with Crippen molar-refractivity contribution in [2.45, 2.75) is 18.6 Å². The average Bonchev–Trinajstić information content (AvgIpc) is 3.32. The maximum Gasteiger partial charge on any atom is 0.256 e. The Kier molecular flexibility index (Phi) is 3.92. The fourth-order valence-corrected chi connectivity index (χ4v) is 4.10. The predicted octanol–water partition coefficient (Wildman–Crippen LogP) is 2.57. The Bertz CT molecular complexity index is 1020. The van der Waals surface area contributed by atoms with E-state index in [1.165, 1.54) is 0 Å². The lowest BCUT2D eigenvalue weighted by molar-refractivity contribution is -0.0569. The zero-order valence-electron chi connectivity index (χ0n) is 14.0. The third-order valence-electron chi connectivity index (χ3n) is 4.94. The lowest BCUT2D eigenvalue weighted by Crippen LogP contribution is -2.56. The van der Waals surface area contributed by atoms with Crippen molar-refractivity contribution in [3.63, 3.8) is 0 Å². The van der Waals surface area contributed by atoms with E-state index in [9.17, 15) is 4.79 Å². The van der Waals surface area contributed by atoms with Gasteiger partial charge < -0.3 is 14.2 Å². The summed E-state index contributed by atoms with van der Waals surface area (Å²) in [6, 6.07) is 6.40. The standard InChI is InChI=1S/C17H14Cl2N6O2/c18-11-3-1-2-10(14(11)19)17(26)25-9-6-24-15(12-4-5-20-21-12)22-23-16(24)13(25)8-27-7-9/h1-5,9,13H,6-8H2,(H,20,21). The number of aromatic nitrogens is 5. The average molecular weight is 405 g/mol. The number of H-pyrrole nitrogens is 1. The molecule has 10 heteroatoms. The molecule has 27 heavy (non-hydrogen) atoms. The molecule has 0 saturated carbocycles. The number of morpholine rings is 1. The van der Waals surface area contributed by atoms with Crippen molar-refractivity contribution in [2.75, 3.05) is 13.2 Å². The summed E-state index contributed by atoms with van der Waals surface area (Å²) in [5.41, 5.74) is 1.16. The van der Waals surface area contributed by atoms with Crippen LogP contribution in [0.1, 0.15) is 22.2 Å². The molecule has 1 amide bonds. The molecular formula is C17H14Cl2N6O2. The fraction of sp³-hybridized carbons (Fsp3) is 0.294. The molecule has 2 aromatic heterocycles. The van der Waals surface area contributed by atoms with Gasteiger partial charge in [0.2, 0.25) is 0 Å². The molecule has 8 nitrogen and oxygen atoms in total. The molecule has 0 radical (unpaired) electrons. The van der Waals surface area contributed by atoms with E-state index in [4.69, 9.17) is 27.9 Å². The van der Waals surface area contributed by atoms with Crippen molar-refractivity contribution in [1.29, 1.82) is 0 Å². The van der Waals surface area contributed by atoms with Crippen molar-refractivity contribution >= 4 is 29.1 Å². The van der Waals surface area contributed by atoms with Gasteiger partial charge in [-0.15, -0.1) is 10.2 Å². The molecule has 2 aliphatic heterocycles. The van der Waals surface area contributed by atoms with Crippen molar-refractivity contribution in [3.05, 3.63) is 51.9 Å². The van der Waals surface area contributed by atoms with Crippen LogP contribution in [-0.4, -0.2) is 55.0 Å². The number of amides is 1. The van der Waals surface area contributed by atoms with Gasteiger partial charge in [-0.05, 0) is 18.2 Å². The third kappa shape index (κ3) is 2.55. The van der Waals surface area contributed by atoms with Gasteiger partial charge in [0.1, 0.15) is 11.7 Å². The van der Waals surface area contributed by atoms with Crippen LogP contribution in [0.5, 0.6) is 0 Å². The van der Waals surface area contributed by atoms with Gasteiger partial charge in [-0.3, -0.25) is 9.89 Å². The smallest absolute Gasteiger partial charge is 0.256 e. The third-order valence-corrected chi connectivity index (χ3v) is 5.76. The second-order valence-electron chi connectivity index (χ2n) is 6.48. The molecule has 138 valence electrons. The maximum absolute atomic E-state index is 13.3. The van der Waals surface area contributed by atoms with E-state index in [0.717, 1.165) is 5.69 Å². The van der Waals surface area contributed by atoms with Crippen molar-refractivity contribution in [2.24, 2.45) is 0 Å². The molecule has 0 aliphatic carbocycles. The molecule has 1 saturated heterocycles. The molecule has 4 heterocycles. The maximum atomic E-state index is 13.3. The topological polar surface area (TPSA) is 88.9 Å². The number of halogens is 2. The number of benzene rings is 1. The normalized spacial score (nSPS) is 21.2. The first-order valence-electron chi connectivity index (χ1n) is 8.42. The van der Waals surface area contributed by atoms with Crippen molar-refractivity contribution in [3.8, 4) is 11.5 Å². The van der Waals surface area contributed by atoms with Crippen LogP contribution < -0.4 is 0 Å². The summed E-state index contributed by atoms with van der Waals surface area (Å²) in [5, 5.41) is 16.1. The number of nitrogens with zero attached hydrogens (tertiary/aromatic N) is 5. The van der Waals surface area contributed by atoms with E-state index in [2.05, 4.69) is 20.4 Å². The van der Waals surface area contributed by atoms with Gasteiger partial charge in [-0.1, -0.05) is 29.3 Å². The van der Waals surface area contributed by atoms with Gasteiger partial charge in [0.15, 0.2) is 11.6 Å². The van der Waals surface area contributed by atoms with Crippen LogP contribution in [0.15, 0.2) is 30.5 Å². The van der Waals surface area contributed by atoms with Gasteiger partial charge in [-0.25, -0.2) is 0 Å². The van der Waals surface area contributed by atoms with E-state index >= 15 is 0 Å². The molecule has 5 rings (SSSR count). The number of ether oxygens (including phenoxy) is 1. The minimum atomic E-state index is -0.343. The largest absolute Gasteiger partial charge is 0.377 e. The van der Waals surface area contributed by atoms with Gasteiger partial charge in [-0.2, -0.15) is 5.10 Å². The van der Waals surface area contributed by atoms with E-state index in [1.54, 1.807) is 29.3 Å². The number of carbonyl (C=O) groups excluding carboxylic acids is 1. The first-order chi connectivity index (χ1) is 13.1. The van der Waals surface area contributed by atoms with Gasteiger partial charge in [0.25, 0.3) is 5.91 Å². The summed E-state index contributed by atoms with van der Waals surface area (Å²) < 4.78 is 7.73. The van der Waals surface area contributed by atoms with E-state index in [0.29, 0.717) is 42.0 Å². The van der Waals surface area contributed by atoms with Crippen LogP contribution in [0.4, 0.5) is 0 Å². The highest BCUT2D eigenvalue weighted by atomic mass is 35.5. The summed E-state index contributed by atoms with van der Waals surface area (Å²) in [4.78, 5) is 15.1. The number of aromatic amines is 1.